The standard InChI is InChI=1S/C18H20N2O7S2/c1-12-5-8-17(28-12)29(24,25)19-9-3-4-13(11-19)18(21)27-16-7-6-14(26-2)10-15(16)20(22)23/h5-8,10,13H,3-4,9,11H2,1-2H3. The van der Waals surface area contributed by atoms with Crippen LogP contribution in [0.15, 0.2) is 34.5 Å². The highest BCUT2D eigenvalue weighted by Crippen LogP contribution is 2.33. The van der Waals surface area contributed by atoms with Crippen molar-refractivity contribution >= 4 is 33.0 Å². The van der Waals surface area contributed by atoms with E-state index in [0.29, 0.717) is 19.4 Å². The zero-order valence-electron chi connectivity index (χ0n) is 15.9. The number of piperidine rings is 1. The van der Waals surface area contributed by atoms with Crippen molar-refractivity contribution in [3.63, 3.8) is 0 Å². The Hall–Kier alpha value is -2.50. The van der Waals surface area contributed by atoms with Crippen molar-refractivity contribution < 1.29 is 27.6 Å². The fourth-order valence-electron chi connectivity index (χ4n) is 3.08. The third-order valence-electron chi connectivity index (χ3n) is 4.60. The van der Waals surface area contributed by atoms with E-state index in [2.05, 4.69) is 0 Å². The Bertz CT molecular complexity index is 1030. The van der Waals surface area contributed by atoms with Crippen molar-refractivity contribution in [1.82, 2.24) is 4.31 Å². The Labute approximate surface area is 172 Å². The van der Waals surface area contributed by atoms with Crippen LogP contribution in [-0.4, -0.2) is 43.8 Å². The molecule has 1 aromatic carbocycles. The van der Waals surface area contributed by atoms with Gasteiger partial charge in [-0.2, -0.15) is 4.31 Å². The third-order valence-corrected chi connectivity index (χ3v) is 7.93. The van der Waals surface area contributed by atoms with Gasteiger partial charge in [0.2, 0.25) is 5.75 Å². The van der Waals surface area contributed by atoms with Crippen LogP contribution in [0.3, 0.4) is 0 Å². The Morgan fingerprint density at radius 2 is 2.07 bits per heavy atom. The first-order valence-corrected chi connectivity index (χ1v) is 11.1. The number of thiophene rings is 1. The molecule has 0 N–H and O–H groups in total. The molecule has 0 amide bonds. The molecule has 156 valence electrons. The first-order chi connectivity index (χ1) is 13.7. The molecule has 1 fully saturated rings. The van der Waals surface area contributed by atoms with E-state index in [-0.39, 0.29) is 22.3 Å². The Morgan fingerprint density at radius 3 is 2.69 bits per heavy atom. The maximum atomic E-state index is 12.8. The first kappa shape index (κ1) is 21.2. The van der Waals surface area contributed by atoms with Crippen LogP contribution in [0.1, 0.15) is 17.7 Å². The van der Waals surface area contributed by atoms with Gasteiger partial charge in [0.05, 0.1) is 24.0 Å². The topological polar surface area (TPSA) is 116 Å². The molecule has 9 nitrogen and oxygen atoms in total. The number of aryl methyl sites for hydroxylation is 1. The van der Waals surface area contributed by atoms with Crippen LogP contribution in [0, 0.1) is 23.0 Å². The van der Waals surface area contributed by atoms with Gasteiger partial charge in [0.1, 0.15) is 9.96 Å². The van der Waals surface area contributed by atoms with E-state index >= 15 is 0 Å². The minimum Gasteiger partial charge on any atom is -0.496 e. The van der Waals surface area contributed by atoms with Gasteiger partial charge in [-0.1, -0.05) is 0 Å². The van der Waals surface area contributed by atoms with E-state index in [1.54, 1.807) is 12.1 Å². The average molecular weight is 440 g/mol. The molecule has 0 bridgehead atoms. The molecular formula is C18H20N2O7S2. The number of methoxy groups -OCH3 is 1. The van der Waals surface area contributed by atoms with E-state index in [9.17, 15) is 23.3 Å². The molecule has 1 saturated heterocycles. The van der Waals surface area contributed by atoms with Crippen LogP contribution in [-0.2, 0) is 14.8 Å². The number of nitro groups is 1. The minimum absolute atomic E-state index is 0.0257. The molecular weight excluding hydrogens is 420 g/mol. The molecule has 0 aliphatic carbocycles. The zero-order chi connectivity index (χ0) is 21.2. The summed E-state index contributed by atoms with van der Waals surface area (Å²) in [6, 6.07) is 7.19. The summed E-state index contributed by atoms with van der Waals surface area (Å²) in [5, 5.41) is 11.3. The highest BCUT2D eigenvalue weighted by atomic mass is 32.2. The lowest BCUT2D eigenvalue weighted by Gasteiger charge is -2.30. The lowest BCUT2D eigenvalue weighted by atomic mass is 10.00. The molecule has 0 saturated carbocycles. The van der Waals surface area contributed by atoms with Crippen molar-refractivity contribution in [2.75, 3.05) is 20.2 Å². The number of carbonyl (C=O) groups excluding carboxylic acids is 1. The quantitative estimate of drug-likeness (QED) is 0.293. The highest BCUT2D eigenvalue weighted by molar-refractivity contribution is 7.91. The smallest absolute Gasteiger partial charge is 0.315 e. The van der Waals surface area contributed by atoms with Gasteiger partial charge < -0.3 is 9.47 Å². The van der Waals surface area contributed by atoms with Crippen LogP contribution in [0.2, 0.25) is 0 Å². The fraction of sp³-hybridized carbons (Fsp3) is 0.389. The normalized spacial score (nSPS) is 17.7. The summed E-state index contributed by atoms with van der Waals surface area (Å²) in [6.07, 6.45) is 0.937. The molecule has 1 aliphatic heterocycles. The third kappa shape index (κ3) is 4.57. The monoisotopic (exact) mass is 440 g/mol. The van der Waals surface area contributed by atoms with Crippen molar-refractivity contribution in [1.29, 1.82) is 0 Å². The minimum atomic E-state index is -3.69. The van der Waals surface area contributed by atoms with E-state index in [0.717, 1.165) is 4.88 Å². The maximum Gasteiger partial charge on any atom is 0.315 e. The molecule has 2 aromatic rings. The van der Waals surface area contributed by atoms with Gasteiger partial charge in [-0.25, -0.2) is 8.42 Å². The van der Waals surface area contributed by atoms with Gasteiger partial charge in [-0.3, -0.25) is 14.9 Å². The van der Waals surface area contributed by atoms with Crippen molar-refractivity contribution in [2.45, 2.75) is 24.0 Å². The maximum absolute atomic E-state index is 12.8. The predicted molar refractivity (Wildman–Crippen MR) is 106 cm³/mol. The number of nitro benzene ring substituents is 1. The number of hydrogen-bond acceptors (Lipinski definition) is 8. The molecule has 29 heavy (non-hydrogen) atoms. The average Bonchev–Trinajstić information content (AvgIpc) is 3.15. The van der Waals surface area contributed by atoms with Gasteiger partial charge in [0.15, 0.2) is 0 Å². The Kier molecular flexibility index (Phi) is 6.20. The second-order valence-electron chi connectivity index (χ2n) is 6.58. The van der Waals surface area contributed by atoms with Crippen molar-refractivity contribution in [3.8, 4) is 11.5 Å². The number of sulfonamides is 1. The first-order valence-electron chi connectivity index (χ1n) is 8.83. The van der Waals surface area contributed by atoms with Crippen molar-refractivity contribution in [2.24, 2.45) is 5.92 Å². The summed E-state index contributed by atoms with van der Waals surface area (Å²) in [5.41, 5.74) is -0.396. The molecule has 1 atom stereocenters. The lowest BCUT2D eigenvalue weighted by molar-refractivity contribution is -0.385. The Morgan fingerprint density at radius 1 is 1.31 bits per heavy atom. The largest absolute Gasteiger partial charge is 0.496 e. The summed E-state index contributed by atoms with van der Waals surface area (Å²) in [6.45, 7) is 2.11. The van der Waals surface area contributed by atoms with Gasteiger partial charge in [0, 0.05) is 18.0 Å². The van der Waals surface area contributed by atoms with Crippen LogP contribution >= 0.6 is 11.3 Å². The van der Waals surface area contributed by atoms with Gasteiger partial charge >= 0.3 is 11.7 Å². The van der Waals surface area contributed by atoms with Crippen LogP contribution in [0.25, 0.3) is 0 Å². The zero-order valence-corrected chi connectivity index (χ0v) is 17.5. The van der Waals surface area contributed by atoms with E-state index in [1.165, 1.54) is 41.0 Å². The van der Waals surface area contributed by atoms with Gasteiger partial charge in [-0.05, 0) is 44.0 Å². The van der Waals surface area contributed by atoms with Crippen molar-refractivity contribution in [3.05, 3.63) is 45.3 Å². The Balaban J connectivity index is 1.76. The molecule has 1 aromatic heterocycles. The van der Waals surface area contributed by atoms with Crippen LogP contribution < -0.4 is 9.47 Å². The molecule has 1 unspecified atom stereocenters. The highest BCUT2D eigenvalue weighted by Gasteiger charge is 2.35. The number of rotatable bonds is 6. The van der Waals surface area contributed by atoms with E-state index in [4.69, 9.17) is 9.47 Å². The molecule has 1 aliphatic rings. The summed E-state index contributed by atoms with van der Waals surface area (Å²) in [4.78, 5) is 24.1. The lowest BCUT2D eigenvalue weighted by Crippen LogP contribution is -2.43. The van der Waals surface area contributed by atoms with E-state index < -0.39 is 32.5 Å². The number of nitrogens with zero attached hydrogens (tertiary/aromatic N) is 2. The number of esters is 1. The second kappa shape index (κ2) is 8.47. The predicted octanol–water partition coefficient (Wildman–Crippen LogP) is 2.98. The molecule has 0 spiro atoms. The molecule has 3 rings (SSSR count). The number of ether oxygens (including phenoxy) is 2. The number of hydrogen-bond donors (Lipinski definition) is 0. The summed E-state index contributed by atoms with van der Waals surface area (Å²) >= 11 is 1.18. The number of benzene rings is 1. The molecule has 0 radical (unpaired) electrons. The number of carbonyl (C=O) groups is 1. The van der Waals surface area contributed by atoms with E-state index in [1.807, 2.05) is 6.92 Å². The van der Waals surface area contributed by atoms with Gasteiger partial charge in [0.25, 0.3) is 10.0 Å². The molecule has 2 heterocycles. The summed E-state index contributed by atoms with van der Waals surface area (Å²) < 4.78 is 37.4. The molecule has 11 heteroatoms. The van der Waals surface area contributed by atoms with Gasteiger partial charge in [-0.15, -0.1) is 11.3 Å². The summed E-state index contributed by atoms with van der Waals surface area (Å²) in [7, 11) is -2.32. The SMILES string of the molecule is COc1ccc(OC(=O)C2CCCN(S(=O)(=O)c3ccc(C)s3)C2)c([N+](=O)[O-])c1. The summed E-state index contributed by atoms with van der Waals surface area (Å²) in [5.74, 6) is -1.34. The second-order valence-corrected chi connectivity index (χ2v) is 10.0. The van der Waals surface area contributed by atoms with Crippen LogP contribution in [0.5, 0.6) is 11.5 Å². The fourth-order valence-corrected chi connectivity index (χ4v) is 6.04. The van der Waals surface area contributed by atoms with Crippen LogP contribution in [0.4, 0.5) is 5.69 Å².